The molecule has 0 saturated heterocycles. The number of anilines is 3. The molecule has 2 unspecified atom stereocenters. The van der Waals surface area contributed by atoms with E-state index in [9.17, 15) is 4.79 Å². The number of carbonyl (C=O) groups is 1. The van der Waals surface area contributed by atoms with Gasteiger partial charge in [0, 0.05) is 32.7 Å². The first-order valence-electron chi connectivity index (χ1n) is 13.4. The van der Waals surface area contributed by atoms with E-state index < -0.39 is 0 Å². The minimum absolute atomic E-state index is 0.154. The maximum Gasteiger partial charge on any atom is 0.229 e. The van der Waals surface area contributed by atoms with Gasteiger partial charge in [-0.05, 0) is 24.0 Å². The number of hydrazine groups is 1. The van der Waals surface area contributed by atoms with E-state index >= 15 is 0 Å². The summed E-state index contributed by atoms with van der Waals surface area (Å²) in [7, 11) is 1.99. The van der Waals surface area contributed by atoms with Crippen LogP contribution in [0.2, 0.25) is 0 Å². The average molecular weight is 498 g/mol. The molecular weight excluding hydrogens is 462 g/mol. The van der Waals surface area contributed by atoms with Gasteiger partial charge in [0.15, 0.2) is 5.82 Å². The summed E-state index contributed by atoms with van der Waals surface area (Å²) >= 11 is 0. The number of carbonyl (C=O) groups excluding carboxylic acids is 1. The first kappa shape index (κ1) is 23.7. The van der Waals surface area contributed by atoms with Gasteiger partial charge in [0.2, 0.25) is 11.9 Å². The highest BCUT2D eigenvalue weighted by atomic mass is 16.2. The van der Waals surface area contributed by atoms with Gasteiger partial charge in [-0.1, -0.05) is 79.9 Å². The Labute approximate surface area is 218 Å². The van der Waals surface area contributed by atoms with Crippen molar-refractivity contribution < 1.29 is 4.79 Å². The fourth-order valence-electron chi connectivity index (χ4n) is 5.96. The van der Waals surface area contributed by atoms with Crippen LogP contribution < -0.4 is 21.1 Å². The molecule has 3 N–H and O–H groups in total. The summed E-state index contributed by atoms with van der Waals surface area (Å²) in [6.45, 7) is 1.93. The molecule has 6 rings (SSSR count). The van der Waals surface area contributed by atoms with Crippen LogP contribution in [0.25, 0.3) is 0 Å². The molecule has 2 aliphatic heterocycles. The van der Waals surface area contributed by atoms with Crippen LogP contribution in [0, 0.1) is 5.92 Å². The molecule has 1 aliphatic carbocycles. The minimum atomic E-state index is -0.219. The standard InChI is InChI=1S/C29H35N7O/c1-35(22-15-9-4-10-16-22)28(37)23-19-36(18-21-13-7-3-8-14-21)27-24-25(23)33-34-26(24)31-29(32-27)30-17-20-11-5-2-6-12-20/h2-3,5-8,11-14,22-23,25,33H,4,9-10,15-19H2,1H3,(H2,30,31,32,34). The fourth-order valence-corrected chi connectivity index (χ4v) is 5.96. The smallest absolute Gasteiger partial charge is 0.229 e. The second kappa shape index (κ2) is 10.4. The Morgan fingerprint density at radius 2 is 1.70 bits per heavy atom. The van der Waals surface area contributed by atoms with Crippen LogP contribution >= 0.6 is 0 Å². The molecule has 8 heteroatoms. The van der Waals surface area contributed by atoms with Gasteiger partial charge >= 0.3 is 0 Å². The van der Waals surface area contributed by atoms with Gasteiger partial charge in [-0.3, -0.25) is 4.79 Å². The summed E-state index contributed by atoms with van der Waals surface area (Å²) in [5.74, 6) is 2.20. The van der Waals surface area contributed by atoms with Crippen molar-refractivity contribution in [2.45, 2.75) is 57.3 Å². The monoisotopic (exact) mass is 497 g/mol. The zero-order valence-corrected chi connectivity index (χ0v) is 21.4. The lowest BCUT2D eigenvalue weighted by atomic mass is 9.87. The summed E-state index contributed by atoms with van der Waals surface area (Å²) in [6.07, 6.45) is 5.88. The van der Waals surface area contributed by atoms with E-state index in [2.05, 4.69) is 57.5 Å². The Balaban J connectivity index is 1.31. The van der Waals surface area contributed by atoms with Crippen molar-refractivity contribution in [2.24, 2.45) is 5.92 Å². The molecule has 1 saturated carbocycles. The van der Waals surface area contributed by atoms with E-state index in [4.69, 9.17) is 9.97 Å². The number of rotatable bonds is 7. The largest absolute Gasteiger partial charge is 0.351 e. The number of hydrogen-bond donors (Lipinski definition) is 3. The Hall–Kier alpha value is -3.65. The van der Waals surface area contributed by atoms with Gasteiger partial charge in [-0.15, -0.1) is 0 Å². The summed E-state index contributed by atoms with van der Waals surface area (Å²) < 4.78 is 0. The topological polar surface area (TPSA) is 85.4 Å². The number of aromatic nitrogens is 2. The van der Waals surface area contributed by atoms with Gasteiger partial charge in [-0.25, -0.2) is 5.43 Å². The molecule has 0 bridgehead atoms. The SMILES string of the molecule is CN(C(=O)C1CN(Cc2ccccc2)c2nc(NCc3ccccc3)nc3c2C1NN3)C1CCCCC1. The van der Waals surface area contributed by atoms with E-state index in [-0.39, 0.29) is 17.9 Å². The zero-order chi connectivity index (χ0) is 25.2. The van der Waals surface area contributed by atoms with Crippen molar-refractivity contribution in [3.05, 3.63) is 77.4 Å². The third kappa shape index (κ3) is 4.85. The molecule has 192 valence electrons. The number of benzene rings is 2. The van der Waals surface area contributed by atoms with Crippen molar-refractivity contribution in [1.82, 2.24) is 20.3 Å². The highest BCUT2D eigenvalue weighted by molar-refractivity contribution is 5.84. The summed E-state index contributed by atoms with van der Waals surface area (Å²) in [4.78, 5) is 27.9. The fraction of sp³-hybridized carbons (Fsp3) is 0.414. The van der Waals surface area contributed by atoms with Crippen molar-refractivity contribution in [1.29, 1.82) is 0 Å². The van der Waals surface area contributed by atoms with E-state index in [0.29, 0.717) is 31.6 Å². The van der Waals surface area contributed by atoms with E-state index in [1.165, 1.54) is 30.4 Å². The number of amides is 1. The Morgan fingerprint density at radius 1 is 1.00 bits per heavy atom. The quantitative estimate of drug-likeness (QED) is 0.444. The first-order chi connectivity index (χ1) is 18.2. The third-order valence-corrected chi connectivity index (χ3v) is 8.00. The van der Waals surface area contributed by atoms with Crippen molar-refractivity contribution in [3.63, 3.8) is 0 Å². The Morgan fingerprint density at radius 3 is 2.43 bits per heavy atom. The zero-order valence-electron chi connectivity index (χ0n) is 21.4. The first-order valence-corrected chi connectivity index (χ1v) is 13.4. The average Bonchev–Trinajstić information content (AvgIpc) is 3.38. The van der Waals surface area contributed by atoms with Crippen molar-refractivity contribution in [2.75, 3.05) is 29.2 Å². The lowest BCUT2D eigenvalue weighted by molar-refractivity contribution is -0.137. The summed E-state index contributed by atoms with van der Waals surface area (Å²) in [5.41, 5.74) is 10.0. The molecule has 8 nitrogen and oxygen atoms in total. The molecule has 2 aromatic carbocycles. The van der Waals surface area contributed by atoms with Crippen LogP contribution in [-0.2, 0) is 17.9 Å². The summed E-state index contributed by atoms with van der Waals surface area (Å²) in [6, 6.07) is 20.8. The van der Waals surface area contributed by atoms with Crippen LogP contribution in [0.3, 0.4) is 0 Å². The molecule has 0 spiro atoms. The number of nitrogens with zero attached hydrogens (tertiary/aromatic N) is 4. The van der Waals surface area contributed by atoms with Gasteiger partial charge in [0.1, 0.15) is 5.82 Å². The number of hydrogen-bond acceptors (Lipinski definition) is 7. The highest BCUT2D eigenvalue weighted by Gasteiger charge is 2.45. The van der Waals surface area contributed by atoms with Crippen LogP contribution in [-0.4, -0.2) is 40.4 Å². The molecule has 2 atom stereocenters. The van der Waals surface area contributed by atoms with Crippen LogP contribution in [0.15, 0.2) is 60.7 Å². The predicted octanol–water partition coefficient (Wildman–Crippen LogP) is 4.49. The molecule has 1 amide bonds. The Bertz CT molecular complexity index is 1230. The second-order valence-corrected chi connectivity index (χ2v) is 10.4. The molecule has 3 heterocycles. The van der Waals surface area contributed by atoms with Crippen molar-refractivity contribution >= 4 is 23.5 Å². The second-order valence-electron chi connectivity index (χ2n) is 10.4. The van der Waals surface area contributed by atoms with Gasteiger partial charge in [0.25, 0.3) is 0 Å². The normalized spacial score (nSPS) is 20.7. The molecule has 3 aromatic rings. The minimum Gasteiger partial charge on any atom is -0.351 e. The van der Waals surface area contributed by atoms with Crippen LogP contribution in [0.5, 0.6) is 0 Å². The Kier molecular flexibility index (Phi) is 6.66. The van der Waals surface area contributed by atoms with Crippen LogP contribution in [0.1, 0.15) is 54.8 Å². The van der Waals surface area contributed by atoms with E-state index in [1.54, 1.807) is 0 Å². The lowest BCUT2D eigenvalue weighted by Gasteiger charge is -2.40. The van der Waals surface area contributed by atoms with Crippen molar-refractivity contribution in [3.8, 4) is 0 Å². The molecular formula is C29H35N7O. The van der Waals surface area contributed by atoms with Gasteiger partial charge < -0.3 is 20.5 Å². The number of nitrogens with one attached hydrogen (secondary N) is 3. The summed E-state index contributed by atoms with van der Waals surface area (Å²) in [5, 5.41) is 3.39. The molecule has 1 aromatic heterocycles. The predicted molar refractivity (Wildman–Crippen MR) is 146 cm³/mol. The van der Waals surface area contributed by atoms with E-state index in [0.717, 1.165) is 30.0 Å². The molecule has 37 heavy (non-hydrogen) atoms. The maximum atomic E-state index is 13.9. The van der Waals surface area contributed by atoms with Gasteiger partial charge in [-0.2, -0.15) is 9.97 Å². The maximum absolute atomic E-state index is 13.9. The molecule has 0 radical (unpaired) electrons. The lowest BCUT2D eigenvalue weighted by Crippen LogP contribution is -2.51. The van der Waals surface area contributed by atoms with Crippen LogP contribution in [0.4, 0.5) is 17.6 Å². The van der Waals surface area contributed by atoms with E-state index in [1.807, 2.05) is 36.2 Å². The van der Waals surface area contributed by atoms with Gasteiger partial charge in [0.05, 0.1) is 17.5 Å². The highest BCUT2D eigenvalue weighted by Crippen LogP contribution is 2.44. The molecule has 3 aliphatic rings. The third-order valence-electron chi connectivity index (χ3n) is 8.00. The molecule has 1 fully saturated rings.